The summed E-state index contributed by atoms with van der Waals surface area (Å²) in [7, 11) is 1.71. The molecule has 1 fully saturated rings. The van der Waals surface area contributed by atoms with Crippen LogP contribution in [0.4, 0.5) is 0 Å². The van der Waals surface area contributed by atoms with Crippen LogP contribution in [0.5, 0.6) is 5.75 Å². The molecule has 118 valence electrons. The van der Waals surface area contributed by atoms with E-state index in [0.717, 1.165) is 10.8 Å². The van der Waals surface area contributed by atoms with Gasteiger partial charge in [0.15, 0.2) is 0 Å². The Labute approximate surface area is 133 Å². The van der Waals surface area contributed by atoms with Crippen LogP contribution in [0.1, 0.15) is 37.7 Å². The molecule has 21 heavy (non-hydrogen) atoms. The lowest BCUT2D eigenvalue weighted by Gasteiger charge is -2.36. The van der Waals surface area contributed by atoms with Crippen LogP contribution in [0.15, 0.2) is 18.2 Å². The van der Waals surface area contributed by atoms with E-state index >= 15 is 0 Å². The molecule has 2 N–H and O–H groups in total. The highest BCUT2D eigenvalue weighted by molar-refractivity contribution is 6.30. The largest absolute Gasteiger partial charge is 0.496 e. The van der Waals surface area contributed by atoms with Gasteiger partial charge in [0.25, 0.3) is 0 Å². The van der Waals surface area contributed by atoms with Gasteiger partial charge in [-0.25, -0.2) is 0 Å². The fraction of sp³-hybridized carbons (Fsp3) is 0.647. The van der Waals surface area contributed by atoms with Crippen molar-refractivity contribution in [2.45, 2.75) is 32.1 Å². The zero-order valence-electron chi connectivity index (χ0n) is 13.1. The van der Waals surface area contributed by atoms with Crippen LogP contribution in [-0.4, -0.2) is 38.2 Å². The van der Waals surface area contributed by atoms with Crippen molar-refractivity contribution in [3.05, 3.63) is 28.8 Å². The lowest BCUT2D eigenvalue weighted by Crippen LogP contribution is -2.37. The van der Waals surface area contributed by atoms with E-state index in [4.69, 9.17) is 22.1 Å². The van der Waals surface area contributed by atoms with E-state index in [1.807, 2.05) is 18.2 Å². The smallest absolute Gasteiger partial charge is 0.122 e. The van der Waals surface area contributed by atoms with Crippen LogP contribution in [0.25, 0.3) is 0 Å². The van der Waals surface area contributed by atoms with Gasteiger partial charge in [0, 0.05) is 16.5 Å². The van der Waals surface area contributed by atoms with Crippen molar-refractivity contribution in [1.82, 2.24) is 4.90 Å². The summed E-state index contributed by atoms with van der Waals surface area (Å²) < 4.78 is 5.51. The first-order valence-electron chi connectivity index (χ1n) is 7.95. The molecular weight excluding hydrogens is 284 g/mol. The molecular formula is C17H27ClN2O. The monoisotopic (exact) mass is 310 g/mol. The number of rotatable bonds is 6. The van der Waals surface area contributed by atoms with Gasteiger partial charge in [0.1, 0.15) is 5.75 Å². The minimum absolute atomic E-state index is 0.336. The quantitative estimate of drug-likeness (QED) is 0.874. The molecule has 4 heteroatoms. The molecule has 1 aromatic rings. The molecule has 1 aliphatic heterocycles. The minimum Gasteiger partial charge on any atom is -0.496 e. The van der Waals surface area contributed by atoms with Crippen molar-refractivity contribution < 1.29 is 4.74 Å². The van der Waals surface area contributed by atoms with Crippen molar-refractivity contribution in [2.75, 3.05) is 33.3 Å². The molecule has 0 aliphatic carbocycles. The minimum atomic E-state index is 0.336. The van der Waals surface area contributed by atoms with Gasteiger partial charge in [-0.2, -0.15) is 0 Å². The summed E-state index contributed by atoms with van der Waals surface area (Å²) in [6.45, 7) is 6.46. The van der Waals surface area contributed by atoms with Crippen molar-refractivity contribution in [3.8, 4) is 5.75 Å². The van der Waals surface area contributed by atoms with Crippen molar-refractivity contribution in [3.63, 3.8) is 0 Å². The maximum absolute atomic E-state index is 6.17. The average molecular weight is 311 g/mol. The third-order valence-electron chi connectivity index (χ3n) is 4.59. The Morgan fingerprint density at radius 2 is 2.10 bits per heavy atom. The Bertz CT molecular complexity index is 444. The van der Waals surface area contributed by atoms with E-state index in [-0.39, 0.29) is 0 Å². The molecule has 0 saturated carbocycles. The summed E-state index contributed by atoms with van der Waals surface area (Å²) in [6, 6.07) is 5.85. The number of piperidine rings is 1. The second-order valence-corrected chi connectivity index (χ2v) is 6.34. The van der Waals surface area contributed by atoms with Gasteiger partial charge in [-0.05, 0) is 69.6 Å². The molecule has 0 bridgehead atoms. The Kier molecular flexibility index (Phi) is 6.34. The summed E-state index contributed by atoms with van der Waals surface area (Å²) in [5.41, 5.74) is 7.26. The predicted molar refractivity (Wildman–Crippen MR) is 89.3 cm³/mol. The lowest BCUT2D eigenvalue weighted by atomic mass is 9.79. The number of halogens is 1. The van der Waals surface area contributed by atoms with Gasteiger partial charge in [-0.15, -0.1) is 0 Å². The molecule has 1 saturated heterocycles. The summed E-state index contributed by atoms with van der Waals surface area (Å²) in [6.07, 6.45) is 3.64. The number of likely N-dealkylation sites (tertiary alicyclic amines) is 1. The first-order valence-corrected chi connectivity index (χ1v) is 8.33. The Balaban J connectivity index is 2.12. The van der Waals surface area contributed by atoms with E-state index in [2.05, 4.69) is 11.8 Å². The summed E-state index contributed by atoms with van der Waals surface area (Å²) in [5, 5.41) is 0.757. The Morgan fingerprint density at radius 3 is 2.67 bits per heavy atom. The highest BCUT2D eigenvalue weighted by Gasteiger charge is 2.28. The lowest BCUT2D eigenvalue weighted by molar-refractivity contribution is 0.168. The van der Waals surface area contributed by atoms with Crippen molar-refractivity contribution in [2.24, 2.45) is 11.7 Å². The second kappa shape index (κ2) is 8.02. The van der Waals surface area contributed by atoms with E-state index in [1.54, 1.807) is 7.11 Å². The summed E-state index contributed by atoms with van der Waals surface area (Å²) >= 11 is 6.17. The van der Waals surface area contributed by atoms with Crippen LogP contribution in [0, 0.1) is 5.92 Å². The van der Waals surface area contributed by atoms with Gasteiger partial charge in [-0.1, -0.05) is 18.5 Å². The maximum Gasteiger partial charge on any atom is 0.122 e. The van der Waals surface area contributed by atoms with Crippen LogP contribution in [0.3, 0.4) is 0 Å². The van der Waals surface area contributed by atoms with Gasteiger partial charge < -0.3 is 15.4 Å². The third-order valence-corrected chi connectivity index (χ3v) is 4.82. The molecule has 0 aromatic heterocycles. The molecule has 2 rings (SSSR count). The number of hydrogen-bond donors (Lipinski definition) is 1. The highest BCUT2D eigenvalue weighted by Crippen LogP contribution is 2.37. The van der Waals surface area contributed by atoms with E-state index < -0.39 is 0 Å². The van der Waals surface area contributed by atoms with Gasteiger partial charge in [0.05, 0.1) is 7.11 Å². The van der Waals surface area contributed by atoms with Crippen molar-refractivity contribution in [1.29, 1.82) is 0 Å². The average Bonchev–Trinajstić information content (AvgIpc) is 2.50. The molecule has 1 aliphatic rings. The Hall–Kier alpha value is -0.770. The molecule has 1 aromatic carbocycles. The Morgan fingerprint density at radius 1 is 1.38 bits per heavy atom. The number of methoxy groups -OCH3 is 1. The molecule has 0 amide bonds. The molecule has 1 unspecified atom stereocenters. The molecule has 1 heterocycles. The number of ether oxygens (including phenoxy) is 1. The number of nitrogens with zero attached hydrogens (tertiary/aromatic N) is 1. The van der Waals surface area contributed by atoms with Crippen molar-refractivity contribution >= 4 is 11.6 Å². The molecule has 0 radical (unpaired) electrons. The second-order valence-electron chi connectivity index (χ2n) is 5.91. The standard InChI is InChI=1S/C17H27ClN2O/c1-3-8-20-9-6-13(7-10-20)16(12-19)15-11-14(18)4-5-17(15)21-2/h4-5,11,13,16H,3,6-10,12,19H2,1-2H3. The van der Waals surface area contributed by atoms with Gasteiger partial charge in [0.2, 0.25) is 0 Å². The van der Waals surface area contributed by atoms with Crippen LogP contribution in [0.2, 0.25) is 5.02 Å². The topological polar surface area (TPSA) is 38.5 Å². The zero-order valence-corrected chi connectivity index (χ0v) is 13.9. The molecule has 0 spiro atoms. The number of nitrogens with two attached hydrogens (primary N) is 1. The van der Waals surface area contributed by atoms with Gasteiger partial charge >= 0.3 is 0 Å². The molecule has 3 nitrogen and oxygen atoms in total. The SMILES string of the molecule is CCCN1CCC(C(CN)c2cc(Cl)ccc2OC)CC1. The summed E-state index contributed by atoms with van der Waals surface area (Å²) in [5.74, 6) is 1.86. The highest BCUT2D eigenvalue weighted by atomic mass is 35.5. The van der Waals surface area contributed by atoms with Gasteiger partial charge in [-0.3, -0.25) is 0 Å². The predicted octanol–water partition coefficient (Wildman–Crippen LogP) is 3.51. The fourth-order valence-electron chi connectivity index (χ4n) is 3.46. The summed E-state index contributed by atoms with van der Waals surface area (Å²) in [4.78, 5) is 2.55. The zero-order chi connectivity index (χ0) is 15.2. The number of hydrogen-bond acceptors (Lipinski definition) is 3. The molecule has 1 atom stereocenters. The third kappa shape index (κ3) is 4.12. The first-order chi connectivity index (χ1) is 10.2. The van der Waals surface area contributed by atoms with E-state index in [0.29, 0.717) is 18.4 Å². The van der Waals surface area contributed by atoms with E-state index in [9.17, 15) is 0 Å². The normalized spacial score (nSPS) is 18.7. The maximum atomic E-state index is 6.17. The first kappa shape index (κ1) is 16.6. The van der Waals surface area contributed by atoms with E-state index in [1.165, 1.54) is 44.5 Å². The van der Waals surface area contributed by atoms with Crippen LogP contribution >= 0.6 is 11.6 Å². The number of benzene rings is 1. The van der Waals surface area contributed by atoms with Crippen LogP contribution < -0.4 is 10.5 Å². The van der Waals surface area contributed by atoms with Crippen LogP contribution in [-0.2, 0) is 0 Å². The fourth-order valence-corrected chi connectivity index (χ4v) is 3.64.